The van der Waals surface area contributed by atoms with Crippen molar-refractivity contribution in [2.75, 3.05) is 12.5 Å². The van der Waals surface area contributed by atoms with Crippen molar-refractivity contribution in [1.82, 2.24) is 4.90 Å². The highest BCUT2D eigenvalue weighted by Crippen LogP contribution is 2.33. The standard InChI is InChI=1S/C21H25NO6S/c1-4-15(3)22(21(23)17-8-11-19-20(12-17)27-14-26-19)13-16-6-9-18(10-7-16)28-29(24,25)5-2/h6-12,15H,4-5,13-14H2,1-3H3/t15-/m1/s1. The maximum Gasteiger partial charge on any atom is 0.308 e. The normalized spacial score (nSPS) is 13.8. The highest BCUT2D eigenvalue weighted by Gasteiger charge is 2.23. The smallest absolute Gasteiger partial charge is 0.308 e. The second-order valence-electron chi connectivity index (χ2n) is 6.83. The van der Waals surface area contributed by atoms with Gasteiger partial charge < -0.3 is 18.6 Å². The minimum Gasteiger partial charge on any atom is -0.454 e. The van der Waals surface area contributed by atoms with Gasteiger partial charge in [0.1, 0.15) is 5.75 Å². The summed E-state index contributed by atoms with van der Waals surface area (Å²) in [6, 6.07) is 11.9. The van der Waals surface area contributed by atoms with Gasteiger partial charge in [0.15, 0.2) is 11.5 Å². The molecule has 0 spiro atoms. The summed E-state index contributed by atoms with van der Waals surface area (Å²) in [6.07, 6.45) is 0.798. The van der Waals surface area contributed by atoms with Crippen LogP contribution in [0, 0.1) is 0 Å². The second-order valence-corrected chi connectivity index (χ2v) is 8.69. The first-order valence-corrected chi connectivity index (χ1v) is 11.1. The van der Waals surface area contributed by atoms with E-state index < -0.39 is 10.1 Å². The van der Waals surface area contributed by atoms with Crippen LogP contribution >= 0.6 is 0 Å². The second kappa shape index (κ2) is 8.73. The molecule has 0 N–H and O–H groups in total. The maximum atomic E-state index is 13.2. The lowest BCUT2D eigenvalue weighted by Gasteiger charge is -2.29. The maximum absolute atomic E-state index is 13.2. The average Bonchev–Trinajstić information content (AvgIpc) is 3.20. The zero-order valence-electron chi connectivity index (χ0n) is 16.8. The van der Waals surface area contributed by atoms with Gasteiger partial charge in [0.2, 0.25) is 6.79 Å². The number of hydrogen-bond acceptors (Lipinski definition) is 6. The number of carbonyl (C=O) groups is 1. The molecular weight excluding hydrogens is 394 g/mol. The predicted molar refractivity (Wildman–Crippen MR) is 109 cm³/mol. The number of rotatable bonds is 8. The van der Waals surface area contributed by atoms with E-state index in [-0.39, 0.29) is 30.2 Å². The Balaban J connectivity index is 1.78. The Bertz CT molecular complexity index is 971. The SMILES string of the molecule is CC[C@@H](C)N(Cc1ccc(OS(=O)(=O)CC)cc1)C(=O)c1ccc2c(c1)OCO2. The summed E-state index contributed by atoms with van der Waals surface area (Å²) in [6.45, 7) is 6.09. The molecule has 29 heavy (non-hydrogen) atoms. The van der Waals surface area contributed by atoms with E-state index in [0.717, 1.165) is 12.0 Å². The van der Waals surface area contributed by atoms with Gasteiger partial charge in [-0.15, -0.1) is 0 Å². The fraction of sp³-hybridized carbons (Fsp3) is 0.381. The predicted octanol–water partition coefficient (Wildman–Crippen LogP) is 3.58. The molecule has 2 aromatic rings. The summed E-state index contributed by atoms with van der Waals surface area (Å²) < 4.78 is 38.9. The first kappa shape index (κ1) is 21.0. The van der Waals surface area contributed by atoms with Gasteiger partial charge in [0, 0.05) is 18.2 Å². The minimum absolute atomic E-state index is 0.0179. The van der Waals surface area contributed by atoms with E-state index in [2.05, 4.69) is 0 Å². The summed E-state index contributed by atoms with van der Waals surface area (Å²) in [7, 11) is -3.57. The van der Waals surface area contributed by atoms with E-state index in [4.69, 9.17) is 13.7 Å². The molecule has 0 unspecified atom stereocenters. The van der Waals surface area contributed by atoms with E-state index in [1.165, 1.54) is 6.92 Å². The van der Waals surface area contributed by atoms with Crippen LogP contribution in [0.4, 0.5) is 0 Å². The molecule has 3 rings (SSSR count). The molecule has 0 aliphatic carbocycles. The molecule has 0 fully saturated rings. The average molecular weight is 419 g/mol. The van der Waals surface area contributed by atoms with Crippen molar-refractivity contribution < 1.29 is 26.9 Å². The lowest BCUT2D eigenvalue weighted by molar-refractivity contribution is 0.0671. The van der Waals surface area contributed by atoms with Crippen LogP contribution < -0.4 is 13.7 Å². The molecule has 1 heterocycles. The number of carbonyl (C=O) groups excluding carboxylic acids is 1. The Morgan fingerprint density at radius 3 is 2.45 bits per heavy atom. The summed E-state index contributed by atoms with van der Waals surface area (Å²) in [4.78, 5) is 15.0. The summed E-state index contributed by atoms with van der Waals surface area (Å²) in [5.74, 6) is 1.26. The van der Waals surface area contributed by atoms with Gasteiger partial charge in [0.25, 0.3) is 5.91 Å². The summed E-state index contributed by atoms with van der Waals surface area (Å²) in [5.41, 5.74) is 1.41. The molecule has 1 aliphatic rings. The van der Waals surface area contributed by atoms with Crippen LogP contribution in [0.25, 0.3) is 0 Å². The van der Waals surface area contributed by atoms with Gasteiger partial charge in [-0.3, -0.25) is 4.79 Å². The van der Waals surface area contributed by atoms with E-state index in [1.54, 1.807) is 47.4 Å². The Morgan fingerprint density at radius 2 is 1.79 bits per heavy atom. The topological polar surface area (TPSA) is 82.1 Å². The molecule has 2 aromatic carbocycles. The van der Waals surface area contributed by atoms with E-state index >= 15 is 0 Å². The Kier molecular flexibility index (Phi) is 6.32. The van der Waals surface area contributed by atoms with Crippen LogP contribution in [-0.2, 0) is 16.7 Å². The first-order chi connectivity index (χ1) is 13.8. The molecular formula is C21H25NO6S. The van der Waals surface area contributed by atoms with Crippen LogP contribution in [0.5, 0.6) is 17.2 Å². The lowest BCUT2D eigenvalue weighted by Crippen LogP contribution is -2.37. The molecule has 8 heteroatoms. The third kappa shape index (κ3) is 5.00. The van der Waals surface area contributed by atoms with Crippen molar-refractivity contribution in [1.29, 1.82) is 0 Å². The highest BCUT2D eigenvalue weighted by atomic mass is 32.2. The number of fused-ring (bicyclic) bond motifs is 1. The third-order valence-corrected chi connectivity index (χ3v) is 6.01. The number of nitrogens with zero attached hydrogens (tertiary/aromatic N) is 1. The molecule has 0 aromatic heterocycles. The van der Waals surface area contributed by atoms with Crippen LogP contribution in [-0.4, -0.2) is 37.8 Å². The van der Waals surface area contributed by atoms with Gasteiger partial charge in [-0.25, -0.2) is 0 Å². The molecule has 1 amide bonds. The number of hydrogen-bond donors (Lipinski definition) is 0. The van der Waals surface area contributed by atoms with Crippen molar-refractivity contribution in [3.8, 4) is 17.2 Å². The van der Waals surface area contributed by atoms with Gasteiger partial charge in [0.05, 0.1) is 5.75 Å². The fourth-order valence-corrected chi connectivity index (χ4v) is 3.42. The molecule has 0 saturated heterocycles. The van der Waals surface area contributed by atoms with Crippen LogP contribution in [0.2, 0.25) is 0 Å². The molecule has 0 bridgehead atoms. The van der Waals surface area contributed by atoms with Crippen molar-refractivity contribution >= 4 is 16.0 Å². The quantitative estimate of drug-likeness (QED) is 0.608. The van der Waals surface area contributed by atoms with Crippen molar-refractivity contribution in [3.63, 3.8) is 0 Å². The zero-order chi connectivity index (χ0) is 21.0. The zero-order valence-corrected chi connectivity index (χ0v) is 17.6. The fourth-order valence-electron chi connectivity index (χ4n) is 2.90. The van der Waals surface area contributed by atoms with Gasteiger partial charge in [-0.05, 0) is 56.2 Å². The van der Waals surface area contributed by atoms with Gasteiger partial charge in [-0.1, -0.05) is 19.1 Å². The first-order valence-electron chi connectivity index (χ1n) is 9.54. The Labute approximate surface area is 171 Å². The van der Waals surface area contributed by atoms with Crippen molar-refractivity contribution in [2.24, 2.45) is 0 Å². The van der Waals surface area contributed by atoms with Crippen LogP contribution in [0.1, 0.15) is 43.1 Å². The number of ether oxygens (including phenoxy) is 2. The highest BCUT2D eigenvalue weighted by molar-refractivity contribution is 7.87. The molecule has 156 valence electrons. The Hall–Kier alpha value is -2.74. The van der Waals surface area contributed by atoms with Crippen LogP contribution in [0.15, 0.2) is 42.5 Å². The number of amides is 1. The summed E-state index contributed by atoms with van der Waals surface area (Å²) in [5, 5.41) is 0. The lowest BCUT2D eigenvalue weighted by atomic mass is 10.1. The van der Waals surface area contributed by atoms with Crippen LogP contribution in [0.3, 0.4) is 0 Å². The molecule has 1 aliphatic heterocycles. The van der Waals surface area contributed by atoms with Gasteiger partial charge in [-0.2, -0.15) is 8.42 Å². The van der Waals surface area contributed by atoms with E-state index in [1.807, 2.05) is 13.8 Å². The Morgan fingerprint density at radius 1 is 1.10 bits per heavy atom. The summed E-state index contributed by atoms with van der Waals surface area (Å²) >= 11 is 0. The number of benzene rings is 2. The van der Waals surface area contributed by atoms with Gasteiger partial charge >= 0.3 is 10.1 Å². The molecule has 7 nitrogen and oxygen atoms in total. The van der Waals surface area contributed by atoms with E-state index in [0.29, 0.717) is 23.6 Å². The monoisotopic (exact) mass is 419 g/mol. The van der Waals surface area contributed by atoms with Crippen molar-refractivity contribution in [2.45, 2.75) is 39.8 Å². The molecule has 1 atom stereocenters. The molecule has 0 saturated carbocycles. The largest absolute Gasteiger partial charge is 0.454 e. The van der Waals surface area contributed by atoms with Crippen molar-refractivity contribution in [3.05, 3.63) is 53.6 Å². The molecule has 0 radical (unpaired) electrons. The minimum atomic E-state index is -3.57. The third-order valence-electron chi connectivity index (χ3n) is 4.86. The van der Waals surface area contributed by atoms with E-state index in [9.17, 15) is 13.2 Å².